The van der Waals surface area contributed by atoms with Crippen LogP contribution < -0.4 is 0 Å². The summed E-state index contributed by atoms with van der Waals surface area (Å²) in [4.78, 5) is 30.1. The van der Waals surface area contributed by atoms with Gasteiger partial charge in [0.05, 0.1) is 6.54 Å². The van der Waals surface area contributed by atoms with Crippen molar-refractivity contribution in [2.24, 2.45) is 0 Å². The van der Waals surface area contributed by atoms with E-state index in [2.05, 4.69) is 36.1 Å². The molecule has 0 radical (unpaired) electrons. The molecule has 1 aromatic rings. The minimum atomic E-state index is -0.0171. The molecule has 0 spiro atoms. The molecular formula is C21H31N3O2. The Labute approximate surface area is 157 Å². The largest absolute Gasteiger partial charge is 0.339 e. The lowest BCUT2D eigenvalue weighted by molar-refractivity contribution is -0.140. The van der Waals surface area contributed by atoms with Crippen LogP contribution in [0, 0.1) is 0 Å². The molecule has 0 unspecified atom stereocenters. The van der Waals surface area contributed by atoms with Crippen molar-refractivity contribution >= 4 is 17.9 Å². The lowest BCUT2D eigenvalue weighted by atomic mass is 10.2. The Hall–Kier alpha value is -2.14. The zero-order valence-electron chi connectivity index (χ0n) is 16.1. The number of carbonyl (C=O) groups excluding carboxylic acids is 2. The summed E-state index contributed by atoms with van der Waals surface area (Å²) in [6.45, 7) is 8.62. The normalized spacial score (nSPS) is 15.4. The molecule has 1 aliphatic heterocycles. The first-order valence-electron chi connectivity index (χ1n) is 9.57. The fraction of sp³-hybridized carbons (Fsp3) is 0.524. The molecular weight excluding hydrogens is 326 g/mol. The van der Waals surface area contributed by atoms with Crippen molar-refractivity contribution in [3.63, 3.8) is 0 Å². The third-order valence-electron chi connectivity index (χ3n) is 4.75. The van der Waals surface area contributed by atoms with Crippen molar-refractivity contribution in [1.82, 2.24) is 14.7 Å². The molecule has 5 heteroatoms. The molecule has 0 saturated carbocycles. The summed E-state index contributed by atoms with van der Waals surface area (Å²) in [5.74, 6) is 0.0484. The molecule has 0 aromatic heterocycles. The van der Waals surface area contributed by atoms with Crippen LogP contribution in [0.25, 0.3) is 6.08 Å². The smallest absolute Gasteiger partial charge is 0.242 e. The standard InChI is InChI=1S/C21H31N3O2/c1-3-4-13-24(19(2)25)18-21(26)23-16-14-22(15-17-23)12-8-11-20-9-6-5-7-10-20/h5-11H,3-4,12-18H2,1-2H3/b11-8+. The predicted molar refractivity (Wildman–Crippen MR) is 106 cm³/mol. The summed E-state index contributed by atoms with van der Waals surface area (Å²) >= 11 is 0. The number of rotatable bonds is 8. The van der Waals surface area contributed by atoms with Gasteiger partial charge in [-0.05, 0) is 12.0 Å². The number of carbonyl (C=O) groups is 2. The first-order valence-corrected chi connectivity index (χ1v) is 9.57. The summed E-state index contributed by atoms with van der Waals surface area (Å²) < 4.78 is 0. The van der Waals surface area contributed by atoms with Gasteiger partial charge in [0.1, 0.15) is 0 Å². The molecule has 2 rings (SSSR count). The van der Waals surface area contributed by atoms with E-state index in [0.717, 1.165) is 45.6 Å². The monoisotopic (exact) mass is 357 g/mol. The van der Waals surface area contributed by atoms with Crippen molar-refractivity contribution in [2.75, 3.05) is 45.8 Å². The van der Waals surface area contributed by atoms with Crippen LogP contribution in [-0.2, 0) is 9.59 Å². The summed E-state index contributed by atoms with van der Waals surface area (Å²) in [5.41, 5.74) is 1.21. The van der Waals surface area contributed by atoms with Gasteiger partial charge in [0, 0.05) is 46.2 Å². The van der Waals surface area contributed by atoms with E-state index in [1.165, 1.54) is 5.56 Å². The quantitative estimate of drug-likeness (QED) is 0.718. The number of piperazine rings is 1. The molecule has 142 valence electrons. The Morgan fingerprint density at radius 3 is 2.42 bits per heavy atom. The first kappa shape index (κ1) is 20.2. The fourth-order valence-corrected chi connectivity index (χ4v) is 3.04. The van der Waals surface area contributed by atoms with Crippen LogP contribution in [-0.4, -0.2) is 72.3 Å². The summed E-state index contributed by atoms with van der Waals surface area (Å²) in [5, 5.41) is 0. The highest BCUT2D eigenvalue weighted by Gasteiger charge is 2.22. The zero-order valence-corrected chi connectivity index (χ0v) is 16.1. The van der Waals surface area contributed by atoms with Crippen LogP contribution in [0.3, 0.4) is 0 Å². The van der Waals surface area contributed by atoms with Crippen LogP contribution >= 0.6 is 0 Å². The van der Waals surface area contributed by atoms with Gasteiger partial charge in [-0.3, -0.25) is 14.5 Å². The second kappa shape index (κ2) is 10.8. The second-order valence-electron chi connectivity index (χ2n) is 6.79. The van der Waals surface area contributed by atoms with E-state index in [0.29, 0.717) is 6.54 Å². The SMILES string of the molecule is CCCCN(CC(=O)N1CCN(C/C=C/c2ccccc2)CC1)C(C)=O. The number of nitrogens with zero attached hydrogens (tertiary/aromatic N) is 3. The number of hydrogen-bond donors (Lipinski definition) is 0. The summed E-state index contributed by atoms with van der Waals surface area (Å²) in [6, 6.07) is 10.3. The number of benzene rings is 1. The Balaban J connectivity index is 1.73. The minimum Gasteiger partial charge on any atom is -0.339 e. The molecule has 1 aliphatic rings. The molecule has 1 saturated heterocycles. The molecule has 2 amide bonds. The van der Waals surface area contributed by atoms with Crippen LogP contribution in [0.4, 0.5) is 0 Å². The Morgan fingerprint density at radius 1 is 1.12 bits per heavy atom. The van der Waals surface area contributed by atoms with Crippen molar-refractivity contribution in [3.05, 3.63) is 42.0 Å². The van der Waals surface area contributed by atoms with Crippen molar-refractivity contribution in [2.45, 2.75) is 26.7 Å². The van der Waals surface area contributed by atoms with Gasteiger partial charge in [-0.15, -0.1) is 0 Å². The minimum absolute atomic E-state index is 0.0171. The van der Waals surface area contributed by atoms with E-state index in [1.807, 2.05) is 23.1 Å². The van der Waals surface area contributed by atoms with E-state index >= 15 is 0 Å². The van der Waals surface area contributed by atoms with Gasteiger partial charge in [-0.1, -0.05) is 55.8 Å². The lowest BCUT2D eigenvalue weighted by Gasteiger charge is -2.35. The molecule has 0 aliphatic carbocycles. The maximum absolute atomic E-state index is 12.5. The van der Waals surface area contributed by atoms with Gasteiger partial charge in [0.25, 0.3) is 0 Å². The van der Waals surface area contributed by atoms with Crippen molar-refractivity contribution in [1.29, 1.82) is 0 Å². The van der Waals surface area contributed by atoms with Crippen molar-refractivity contribution in [3.8, 4) is 0 Å². The van der Waals surface area contributed by atoms with Gasteiger partial charge < -0.3 is 9.80 Å². The maximum atomic E-state index is 12.5. The number of amides is 2. The van der Waals surface area contributed by atoms with E-state index in [4.69, 9.17) is 0 Å². The number of unbranched alkanes of at least 4 members (excludes halogenated alkanes) is 1. The lowest BCUT2D eigenvalue weighted by Crippen LogP contribution is -2.51. The molecule has 1 fully saturated rings. The summed E-state index contributed by atoms with van der Waals surface area (Å²) in [7, 11) is 0. The average Bonchev–Trinajstić information content (AvgIpc) is 2.66. The van der Waals surface area contributed by atoms with E-state index < -0.39 is 0 Å². The number of hydrogen-bond acceptors (Lipinski definition) is 3. The van der Waals surface area contributed by atoms with Gasteiger partial charge in [-0.25, -0.2) is 0 Å². The summed E-state index contributed by atoms with van der Waals surface area (Å²) in [6.07, 6.45) is 6.27. The first-order chi connectivity index (χ1) is 12.6. The highest BCUT2D eigenvalue weighted by atomic mass is 16.2. The fourth-order valence-electron chi connectivity index (χ4n) is 3.04. The predicted octanol–water partition coefficient (Wildman–Crippen LogP) is 2.49. The molecule has 1 aromatic carbocycles. The van der Waals surface area contributed by atoms with Crippen molar-refractivity contribution < 1.29 is 9.59 Å². The maximum Gasteiger partial charge on any atom is 0.242 e. The van der Waals surface area contributed by atoms with Gasteiger partial charge >= 0.3 is 0 Å². The zero-order chi connectivity index (χ0) is 18.8. The Kier molecular flexibility index (Phi) is 8.35. The molecule has 0 bridgehead atoms. The van der Waals surface area contributed by atoms with Gasteiger partial charge in [-0.2, -0.15) is 0 Å². The third kappa shape index (κ3) is 6.64. The van der Waals surface area contributed by atoms with E-state index in [9.17, 15) is 9.59 Å². The topological polar surface area (TPSA) is 43.9 Å². The van der Waals surface area contributed by atoms with Crippen LogP contribution in [0.1, 0.15) is 32.3 Å². The molecule has 1 heterocycles. The van der Waals surface area contributed by atoms with Crippen LogP contribution in [0.15, 0.2) is 36.4 Å². The highest BCUT2D eigenvalue weighted by molar-refractivity contribution is 5.83. The molecule has 0 N–H and O–H groups in total. The van der Waals surface area contributed by atoms with Crippen LogP contribution in [0.5, 0.6) is 0 Å². The molecule has 5 nitrogen and oxygen atoms in total. The van der Waals surface area contributed by atoms with Gasteiger partial charge in [0.2, 0.25) is 11.8 Å². The second-order valence-corrected chi connectivity index (χ2v) is 6.79. The van der Waals surface area contributed by atoms with E-state index in [1.54, 1.807) is 11.8 Å². The van der Waals surface area contributed by atoms with Crippen LogP contribution in [0.2, 0.25) is 0 Å². The van der Waals surface area contributed by atoms with Gasteiger partial charge in [0.15, 0.2) is 0 Å². The molecule has 0 atom stereocenters. The third-order valence-corrected chi connectivity index (χ3v) is 4.75. The Morgan fingerprint density at radius 2 is 1.81 bits per heavy atom. The Bertz CT molecular complexity index is 593. The van der Waals surface area contributed by atoms with E-state index in [-0.39, 0.29) is 18.4 Å². The average molecular weight is 357 g/mol. The highest BCUT2D eigenvalue weighted by Crippen LogP contribution is 2.06. The molecule has 26 heavy (non-hydrogen) atoms.